The molecular formula is C23H36N4O. The minimum Gasteiger partial charge on any atom is -0.358 e. The van der Waals surface area contributed by atoms with Crippen molar-refractivity contribution in [2.45, 2.75) is 46.1 Å². The first kappa shape index (κ1) is 20.9. The van der Waals surface area contributed by atoms with E-state index >= 15 is 0 Å². The summed E-state index contributed by atoms with van der Waals surface area (Å²) in [5, 5.41) is 1.23. The molecule has 1 amide bonds. The number of carbonyl (C=O) groups excluding carboxylic acids is 1. The number of aryl methyl sites for hydroxylation is 3. The molecule has 0 unspecified atom stereocenters. The third-order valence-electron chi connectivity index (χ3n) is 6.12. The van der Waals surface area contributed by atoms with Crippen LogP contribution in [0.4, 0.5) is 0 Å². The SMILES string of the molecule is Cc1cc(C)c2c(CC(=O)N(CCN(C)C)C3CCN(C)CC3)c(C)[nH]c2c1. The zero-order valence-electron chi connectivity index (χ0n) is 18.4. The van der Waals surface area contributed by atoms with E-state index in [1.54, 1.807) is 0 Å². The smallest absolute Gasteiger partial charge is 0.227 e. The Labute approximate surface area is 169 Å². The number of aromatic amines is 1. The molecule has 5 nitrogen and oxygen atoms in total. The monoisotopic (exact) mass is 384 g/mol. The molecule has 5 heteroatoms. The molecule has 0 aliphatic carbocycles. The van der Waals surface area contributed by atoms with Gasteiger partial charge in [-0.25, -0.2) is 0 Å². The zero-order valence-corrected chi connectivity index (χ0v) is 18.4. The summed E-state index contributed by atoms with van der Waals surface area (Å²) < 4.78 is 0. The lowest BCUT2D eigenvalue weighted by atomic mass is 9.99. The Kier molecular flexibility index (Phi) is 6.46. The molecule has 0 spiro atoms. The van der Waals surface area contributed by atoms with Gasteiger partial charge in [-0.3, -0.25) is 4.79 Å². The number of hydrogen-bond donors (Lipinski definition) is 1. The summed E-state index contributed by atoms with van der Waals surface area (Å²) in [5.41, 5.74) is 5.94. The molecule has 1 aliphatic heterocycles. The maximum Gasteiger partial charge on any atom is 0.227 e. The topological polar surface area (TPSA) is 42.6 Å². The lowest BCUT2D eigenvalue weighted by Crippen LogP contribution is -2.49. The molecule has 2 aromatic rings. The number of fused-ring (bicyclic) bond motifs is 1. The number of piperidine rings is 1. The van der Waals surface area contributed by atoms with Crippen LogP contribution in [0.1, 0.15) is 35.2 Å². The van der Waals surface area contributed by atoms with E-state index in [4.69, 9.17) is 0 Å². The van der Waals surface area contributed by atoms with Crippen LogP contribution in [0.15, 0.2) is 12.1 Å². The molecule has 1 N–H and O–H groups in total. The van der Waals surface area contributed by atoms with Gasteiger partial charge in [0.1, 0.15) is 0 Å². The lowest BCUT2D eigenvalue weighted by Gasteiger charge is -2.38. The second kappa shape index (κ2) is 8.66. The predicted octanol–water partition coefficient (Wildman–Crippen LogP) is 3.12. The summed E-state index contributed by atoms with van der Waals surface area (Å²) in [5.74, 6) is 0.264. The van der Waals surface area contributed by atoms with Gasteiger partial charge in [0.2, 0.25) is 5.91 Å². The summed E-state index contributed by atoms with van der Waals surface area (Å²) in [6, 6.07) is 4.76. The number of likely N-dealkylation sites (N-methyl/N-ethyl adjacent to an activating group) is 1. The molecule has 1 fully saturated rings. The van der Waals surface area contributed by atoms with Gasteiger partial charge in [0, 0.05) is 35.7 Å². The zero-order chi connectivity index (χ0) is 20.4. The van der Waals surface area contributed by atoms with Crippen molar-refractivity contribution >= 4 is 16.8 Å². The Balaban J connectivity index is 1.85. The van der Waals surface area contributed by atoms with E-state index in [0.717, 1.165) is 50.2 Å². The van der Waals surface area contributed by atoms with Gasteiger partial charge in [0.25, 0.3) is 0 Å². The normalized spacial score (nSPS) is 16.2. The van der Waals surface area contributed by atoms with Gasteiger partial charge in [-0.2, -0.15) is 0 Å². The fourth-order valence-electron chi connectivity index (χ4n) is 4.53. The van der Waals surface area contributed by atoms with Gasteiger partial charge < -0.3 is 19.7 Å². The maximum absolute atomic E-state index is 13.5. The first-order chi connectivity index (χ1) is 13.3. The first-order valence-corrected chi connectivity index (χ1v) is 10.5. The molecule has 3 rings (SSSR count). The highest BCUT2D eigenvalue weighted by atomic mass is 16.2. The van der Waals surface area contributed by atoms with E-state index in [0.29, 0.717) is 12.5 Å². The molecule has 1 aromatic carbocycles. The lowest BCUT2D eigenvalue weighted by molar-refractivity contribution is -0.133. The highest BCUT2D eigenvalue weighted by Crippen LogP contribution is 2.28. The van der Waals surface area contributed by atoms with Crippen LogP contribution in [-0.4, -0.2) is 79.0 Å². The Bertz CT molecular complexity index is 831. The van der Waals surface area contributed by atoms with E-state index in [9.17, 15) is 4.79 Å². The van der Waals surface area contributed by atoms with E-state index in [1.807, 2.05) is 0 Å². The molecule has 1 aliphatic rings. The van der Waals surface area contributed by atoms with Crippen LogP contribution in [0.3, 0.4) is 0 Å². The quantitative estimate of drug-likeness (QED) is 0.832. The number of likely N-dealkylation sites (tertiary alicyclic amines) is 1. The van der Waals surface area contributed by atoms with E-state index < -0.39 is 0 Å². The van der Waals surface area contributed by atoms with Gasteiger partial charge in [-0.05, 0) is 90.6 Å². The highest BCUT2D eigenvalue weighted by Gasteiger charge is 2.28. The highest BCUT2D eigenvalue weighted by molar-refractivity contribution is 5.92. The molecule has 1 saturated heterocycles. The van der Waals surface area contributed by atoms with Crippen molar-refractivity contribution in [3.05, 3.63) is 34.5 Å². The second-order valence-corrected chi connectivity index (χ2v) is 8.83. The van der Waals surface area contributed by atoms with Crippen molar-refractivity contribution in [2.24, 2.45) is 0 Å². The number of nitrogens with one attached hydrogen (secondary N) is 1. The molecule has 0 saturated carbocycles. The fourth-order valence-corrected chi connectivity index (χ4v) is 4.53. The van der Waals surface area contributed by atoms with Crippen LogP contribution in [0.5, 0.6) is 0 Å². The van der Waals surface area contributed by atoms with Crippen molar-refractivity contribution in [3.63, 3.8) is 0 Å². The number of rotatable bonds is 6. The molecule has 2 heterocycles. The molecule has 28 heavy (non-hydrogen) atoms. The van der Waals surface area contributed by atoms with Gasteiger partial charge in [0.05, 0.1) is 6.42 Å². The number of benzene rings is 1. The Morgan fingerprint density at radius 2 is 1.82 bits per heavy atom. The van der Waals surface area contributed by atoms with Crippen LogP contribution in [0.25, 0.3) is 10.9 Å². The third kappa shape index (κ3) is 4.58. The van der Waals surface area contributed by atoms with Gasteiger partial charge in [-0.1, -0.05) is 6.07 Å². The van der Waals surface area contributed by atoms with Crippen LogP contribution >= 0.6 is 0 Å². The number of amides is 1. The minimum absolute atomic E-state index is 0.264. The number of H-pyrrole nitrogens is 1. The van der Waals surface area contributed by atoms with Crippen LogP contribution in [0, 0.1) is 20.8 Å². The van der Waals surface area contributed by atoms with E-state index in [-0.39, 0.29) is 5.91 Å². The molecule has 154 valence electrons. The molecular weight excluding hydrogens is 348 g/mol. The summed E-state index contributed by atoms with van der Waals surface area (Å²) in [4.78, 5) is 23.6. The van der Waals surface area contributed by atoms with Crippen LogP contribution < -0.4 is 0 Å². The first-order valence-electron chi connectivity index (χ1n) is 10.5. The fraction of sp³-hybridized carbons (Fsp3) is 0.609. The summed E-state index contributed by atoms with van der Waals surface area (Å²) in [6.45, 7) is 10.2. The molecule has 0 atom stereocenters. The number of nitrogens with zero attached hydrogens (tertiary/aromatic N) is 3. The number of aromatic nitrogens is 1. The van der Waals surface area contributed by atoms with Crippen LogP contribution in [-0.2, 0) is 11.2 Å². The van der Waals surface area contributed by atoms with Crippen LogP contribution in [0.2, 0.25) is 0 Å². The maximum atomic E-state index is 13.5. The average molecular weight is 385 g/mol. The summed E-state index contributed by atoms with van der Waals surface area (Å²) >= 11 is 0. The summed E-state index contributed by atoms with van der Waals surface area (Å²) in [7, 11) is 6.32. The Morgan fingerprint density at radius 3 is 2.46 bits per heavy atom. The molecule has 0 radical (unpaired) electrons. The van der Waals surface area contributed by atoms with Crippen molar-refractivity contribution in [1.29, 1.82) is 0 Å². The summed E-state index contributed by atoms with van der Waals surface area (Å²) in [6.07, 6.45) is 2.62. The van der Waals surface area contributed by atoms with Crippen molar-refractivity contribution in [2.75, 3.05) is 47.3 Å². The van der Waals surface area contributed by atoms with Crippen molar-refractivity contribution in [3.8, 4) is 0 Å². The standard InChI is InChI=1S/C23H36N4O/c1-16-13-17(2)23-20(18(3)24-21(23)14-16)15-22(28)27(12-11-25(4)5)19-7-9-26(6)10-8-19/h13-14,19,24H,7-12,15H2,1-6H3. The molecule has 1 aromatic heterocycles. The largest absolute Gasteiger partial charge is 0.358 e. The average Bonchev–Trinajstić information content (AvgIpc) is 2.91. The van der Waals surface area contributed by atoms with Gasteiger partial charge in [-0.15, -0.1) is 0 Å². The molecule has 0 bridgehead atoms. The van der Waals surface area contributed by atoms with E-state index in [1.165, 1.54) is 22.1 Å². The van der Waals surface area contributed by atoms with Gasteiger partial charge >= 0.3 is 0 Å². The number of hydrogen-bond acceptors (Lipinski definition) is 3. The number of carbonyl (C=O) groups is 1. The van der Waals surface area contributed by atoms with Crippen molar-refractivity contribution < 1.29 is 4.79 Å². The van der Waals surface area contributed by atoms with Gasteiger partial charge in [0.15, 0.2) is 0 Å². The Morgan fingerprint density at radius 1 is 1.14 bits per heavy atom. The predicted molar refractivity (Wildman–Crippen MR) is 117 cm³/mol. The minimum atomic E-state index is 0.264. The third-order valence-corrected chi connectivity index (χ3v) is 6.12. The van der Waals surface area contributed by atoms with E-state index in [2.05, 4.69) is 73.7 Å². The Hall–Kier alpha value is -1.85. The second-order valence-electron chi connectivity index (χ2n) is 8.83. The van der Waals surface area contributed by atoms with Crippen molar-refractivity contribution in [1.82, 2.24) is 19.7 Å².